The maximum absolute atomic E-state index is 12.6. The molecule has 0 aromatic heterocycles. The molecule has 0 N–H and O–H groups in total. The SMILES string of the molecule is CC1(C)O[C@H](C=O)[C@H]2C(=O)[C@@H]1CON2Cc1ccccc1. The highest BCUT2D eigenvalue weighted by Crippen LogP contribution is 2.37. The fourth-order valence-corrected chi connectivity index (χ4v) is 3.06. The van der Waals surface area contributed by atoms with Crippen LogP contribution in [0.1, 0.15) is 19.4 Å². The van der Waals surface area contributed by atoms with Gasteiger partial charge < -0.3 is 9.53 Å². The lowest BCUT2D eigenvalue weighted by Gasteiger charge is -2.50. The number of hydrogen-bond donors (Lipinski definition) is 0. The summed E-state index contributed by atoms with van der Waals surface area (Å²) < 4.78 is 5.82. The zero-order chi connectivity index (χ0) is 15.0. The lowest BCUT2D eigenvalue weighted by atomic mass is 9.79. The molecule has 0 radical (unpaired) electrons. The third-order valence-electron chi connectivity index (χ3n) is 4.26. The summed E-state index contributed by atoms with van der Waals surface area (Å²) in [5.41, 5.74) is 0.357. The van der Waals surface area contributed by atoms with Crippen LogP contribution in [0, 0.1) is 5.92 Å². The summed E-state index contributed by atoms with van der Waals surface area (Å²) in [6.45, 7) is 4.41. The average molecular weight is 289 g/mol. The maximum atomic E-state index is 12.6. The third kappa shape index (κ3) is 2.52. The van der Waals surface area contributed by atoms with Crippen LogP contribution in [-0.2, 0) is 25.7 Å². The number of ether oxygens (including phenoxy) is 1. The number of carbonyl (C=O) groups excluding carboxylic acids is 2. The highest BCUT2D eigenvalue weighted by Gasteiger charge is 2.54. The first-order valence-corrected chi connectivity index (χ1v) is 7.13. The maximum Gasteiger partial charge on any atom is 0.163 e. The van der Waals surface area contributed by atoms with Gasteiger partial charge in [-0.05, 0) is 19.4 Å². The standard InChI is InChI=1S/C16H19NO4/c1-16(2)12-10-20-17(8-11-6-4-3-5-7-11)14(15(12)19)13(9-18)21-16/h3-7,9,12-14H,8,10H2,1-2H3/t12-,13+,14-/m0/s1. The van der Waals surface area contributed by atoms with Crippen LogP contribution in [0.5, 0.6) is 0 Å². The summed E-state index contributed by atoms with van der Waals surface area (Å²) in [6, 6.07) is 9.06. The van der Waals surface area contributed by atoms with Crippen LogP contribution in [0.25, 0.3) is 0 Å². The number of hydroxylamine groups is 2. The number of rotatable bonds is 3. The van der Waals surface area contributed by atoms with Crippen molar-refractivity contribution in [3.05, 3.63) is 35.9 Å². The normalized spacial score (nSPS) is 31.9. The Morgan fingerprint density at radius 1 is 1.33 bits per heavy atom. The number of ketones is 1. The van der Waals surface area contributed by atoms with Crippen molar-refractivity contribution in [1.29, 1.82) is 0 Å². The van der Waals surface area contributed by atoms with Gasteiger partial charge in [0, 0.05) is 0 Å². The summed E-state index contributed by atoms with van der Waals surface area (Å²) in [6.07, 6.45) is -0.0829. The van der Waals surface area contributed by atoms with Gasteiger partial charge >= 0.3 is 0 Å². The topological polar surface area (TPSA) is 55.8 Å². The molecule has 0 spiro atoms. The smallest absolute Gasteiger partial charge is 0.163 e. The molecule has 0 amide bonds. The van der Waals surface area contributed by atoms with E-state index >= 15 is 0 Å². The molecule has 2 aliphatic heterocycles. The van der Waals surface area contributed by atoms with Crippen LogP contribution in [0.3, 0.4) is 0 Å². The predicted octanol–water partition coefficient (Wildman–Crippen LogP) is 1.36. The largest absolute Gasteiger partial charge is 0.362 e. The van der Waals surface area contributed by atoms with Crippen molar-refractivity contribution in [2.75, 3.05) is 6.61 Å². The number of hydrogen-bond acceptors (Lipinski definition) is 5. The second kappa shape index (κ2) is 5.33. The van der Waals surface area contributed by atoms with Gasteiger partial charge in [0.05, 0.1) is 24.7 Å². The van der Waals surface area contributed by atoms with E-state index in [1.165, 1.54) is 0 Å². The Morgan fingerprint density at radius 3 is 2.71 bits per heavy atom. The van der Waals surface area contributed by atoms with Crippen LogP contribution in [0.4, 0.5) is 0 Å². The van der Waals surface area contributed by atoms with Gasteiger partial charge in [0.25, 0.3) is 0 Å². The van der Waals surface area contributed by atoms with Crippen molar-refractivity contribution in [2.24, 2.45) is 5.92 Å². The quantitative estimate of drug-likeness (QED) is 0.787. The zero-order valence-corrected chi connectivity index (χ0v) is 12.2. The first-order valence-electron chi connectivity index (χ1n) is 7.13. The minimum atomic E-state index is -0.784. The molecule has 5 nitrogen and oxygen atoms in total. The highest BCUT2D eigenvalue weighted by molar-refractivity contribution is 5.92. The number of fused-ring (bicyclic) bond motifs is 2. The van der Waals surface area contributed by atoms with Crippen molar-refractivity contribution in [3.8, 4) is 0 Å². The van der Waals surface area contributed by atoms with Gasteiger partial charge in [-0.25, -0.2) is 0 Å². The van der Waals surface area contributed by atoms with Gasteiger partial charge in [-0.2, -0.15) is 5.06 Å². The minimum absolute atomic E-state index is 0.0329. The number of Topliss-reactive ketones (excluding diaryl/α,β-unsaturated/α-hetero) is 1. The van der Waals surface area contributed by atoms with Crippen LogP contribution in [-0.4, -0.2) is 41.5 Å². The van der Waals surface area contributed by atoms with E-state index in [1.54, 1.807) is 5.06 Å². The molecule has 1 aromatic rings. The monoisotopic (exact) mass is 289 g/mol. The van der Waals surface area contributed by atoms with Gasteiger partial charge in [0.2, 0.25) is 0 Å². The lowest BCUT2D eigenvalue weighted by molar-refractivity contribution is -0.287. The third-order valence-corrected chi connectivity index (χ3v) is 4.26. The Morgan fingerprint density at radius 2 is 2.05 bits per heavy atom. The molecule has 3 rings (SSSR count). The predicted molar refractivity (Wildman–Crippen MR) is 75.2 cm³/mol. The Hall–Kier alpha value is -1.56. The van der Waals surface area contributed by atoms with E-state index in [1.807, 2.05) is 44.2 Å². The Bertz CT molecular complexity index is 542. The molecule has 112 valence electrons. The summed E-state index contributed by atoms with van der Waals surface area (Å²) in [5, 5.41) is 1.59. The van der Waals surface area contributed by atoms with E-state index in [4.69, 9.17) is 9.57 Å². The molecule has 0 unspecified atom stereocenters. The van der Waals surface area contributed by atoms with Crippen LogP contribution < -0.4 is 0 Å². The van der Waals surface area contributed by atoms with Crippen LogP contribution in [0.15, 0.2) is 30.3 Å². The van der Waals surface area contributed by atoms with Crippen molar-refractivity contribution in [3.63, 3.8) is 0 Å². The molecule has 2 heterocycles. The summed E-state index contributed by atoms with van der Waals surface area (Å²) >= 11 is 0. The average Bonchev–Trinajstić information content (AvgIpc) is 2.45. The van der Waals surface area contributed by atoms with Crippen molar-refractivity contribution >= 4 is 12.1 Å². The van der Waals surface area contributed by atoms with Crippen molar-refractivity contribution in [1.82, 2.24) is 5.06 Å². The molecule has 0 aliphatic carbocycles. The summed E-state index contributed by atoms with van der Waals surface area (Å²) in [7, 11) is 0. The van der Waals surface area contributed by atoms with Crippen molar-refractivity contribution in [2.45, 2.75) is 38.1 Å². The van der Waals surface area contributed by atoms with Gasteiger partial charge in [-0.15, -0.1) is 0 Å². The molecule has 2 bridgehead atoms. The van der Waals surface area contributed by atoms with Crippen LogP contribution >= 0.6 is 0 Å². The number of carbonyl (C=O) groups is 2. The fraction of sp³-hybridized carbons (Fsp3) is 0.500. The summed E-state index contributed by atoms with van der Waals surface area (Å²) in [5.74, 6) is -0.295. The fourth-order valence-electron chi connectivity index (χ4n) is 3.06. The number of aldehydes is 1. The molecule has 2 aliphatic rings. The van der Waals surface area contributed by atoms with Gasteiger partial charge in [0.1, 0.15) is 12.1 Å². The zero-order valence-electron chi connectivity index (χ0n) is 12.2. The minimum Gasteiger partial charge on any atom is -0.362 e. The molecule has 3 atom stereocenters. The van der Waals surface area contributed by atoms with Crippen molar-refractivity contribution < 1.29 is 19.2 Å². The molecule has 1 aromatic carbocycles. The van der Waals surface area contributed by atoms with E-state index in [9.17, 15) is 9.59 Å². The Balaban J connectivity index is 1.85. The van der Waals surface area contributed by atoms with Crippen LogP contribution in [0.2, 0.25) is 0 Å². The Labute approximate surface area is 123 Å². The van der Waals surface area contributed by atoms with Gasteiger partial charge in [-0.3, -0.25) is 9.63 Å². The molecule has 2 fully saturated rings. The summed E-state index contributed by atoms with van der Waals surface area (Å²) in [4.78, 5) is 29.7. The lowest BCUT2D eigenvalue weighted by Crippen LogP contribution is -2.67. The van der Waals surface area contributed by atoms with E-state index in [2.05, 4.69) is 0 Å². The second-order valence-corrected chi connectivity index (χ2v) is 6.08. The molecule has 5 heteroatoms. The van der Waals surface area contributed by atoms with E-state index in [0.717, 1.165) is 5.56 Å². The Kier molecular flexibility index (Phi) is 3.65. The second-order valence-electron chi connectivity index (χ2n) is 6.08. The van der Waals surface area contributed by atoms with Gasteiger partial charge in [0.15, 0.2) is 12.1 Å². The first kappa shape index (κ1) is 14.4. The number of nitrogens with zero attached hydrogens (tertiary/aromatic N) is 1. The molecular weight excluding hydrogens is 270 g/mol. The highest BCUT2D eigenvalue weighted by atomic mass is 16.7. The molecule has 2 saturated heterocycles. The first-order chi connectivity index (χ1) is 10.0. The van der Waals surface area contributed by atoms with E-state index < -0.39 is 17.7 Å². The molecular formula is C16H19NO4. The number of benzene rings is 1. The molecule has 21 heavy (non-hydrogen) atoms. The van der Waals surface area contributed by atoms with E-state index in [0.29, 0.717) is 19.4 Å². The van der Waals surface area contributed by atoms with E-state index in [-0.39, 0.29) is 11.7 Å². The molecule has 0 saturated carbocycles. The van der Waals surface area contributed by atoms with Gasteiger partial charge in [-0.1, -0.05) is 30.3 Å².